The molecule has 1 aromatic carbocycles. The van der Waals surface area contributed by atoms with Gasteiger partial charge in [0.2, 0.25) is 0 Å². The van der Waals surface area contributed by atoms with Gasteiger partial charge in [-0.05, 0) is 50.3 Å². The molecule has 25 heavy (non-hydrogen) atoms. The Labute approximate surface area is 150 Å². The van der Waals surface area contributed by atoms with Crippen LogP contribution in [-0.2, 0) is 15.9 Å². The molecule has 0 radical (unpaired) electrons. The summed E-state index contributed by atoms with van der Waals surface area (Å²) in [6.45, 7) is 9.01. The summed E-state index contributed by atoms with van der Waals surface area (Å²) in [5, 5.41) is 0. The molecule has 0 spiro atoms. The van der Waals surface area contributed by atoms with Crippen LogP contribution in [0.4, 0.5) is 4.79 Å². The largest absolute Gasteiger partial charge is 0.444 e. The Bertz CT molecular complexity index is 642. The van der Waals surface area contributed by atoms with E-state index in [1.807, 2.05) is 25.7 Å². The molecule has 2 unspecified atom stereocenters. The number of carbonyl (C=O) groups is 1. The number of nitrogens with zero attached hydrogens (tertiary/aromatic N) is 1. The second kappa shape index (κ2) is 7.20. The van der Waals surface area contributed by atoms with Gasteiger partial charge < -0.3 is 9.47 Å². The molecule has 2 heterocycles. The molecule has 2 atom stereocenters. The predicted molar refractivity (Wildman–Crippen MR) is 99.5 cm³/mol. The van der Waals surface area contributed by atoms with Gasteiger partial charge >= 0.3 is 6.09 Å². The van der Waals surface area contributed by atoms with Gasteiger partial charge in [-0.3, -0.25) is 4.90 Å². The van der Waals surface area contributed by atoms with Crippen LogP contribution in [-0.4, -0.2) is 41.9 Å². The maximum Gasteiger partial charge on any atom is 0.411 e. The Morgan fingerprint density at radius 1 is 1.24 bits per heavy atom. The molecular weight excluding hydrogens is 314 g/mol. The van der Waals surface area contributed by atoms with Crippen LogP contribution in [0.15, 0.2) is 30.3 Å². The highest BCUT2D eigenvalue weighted by Gasteiger charge is 2.40. The highest BCUT2D eigenvalue weighted by Crippen LogP contribution is 2.33. The number of aryl methyl sites for hydroxylation is 1. The lowest BCUT2D eigenvalue weighted by atomic mass is 9.89. The lowest BCUT2D eigenvalue weighted by Gasteiger charge is -2.44. The molecule has 0 aliphatic carbocycles. The molecule has 4 nitrogen and oxygen atoms in total. The minimum Gasteiger partial charge on any atom is -0.444 e. The van der Waals surface area contributed by atoms with Crippen LogP contribution in [0.5, 0.6) is 0 Å². The number of amides is 1. The molecule has 2 aliphatic rings. The van der Waals surface area contributed by atoms with Gasteiger partial charge in [-0.1, -0.05) is 43.7 Å². The summed E-state index contributed by atoms with van der Waals surface area (Å²) >= 11 is 0. The van der Waals surface area contributed by atoms with Gasteiger partial charge in [-0.2, -0.15) is 0 Å². The molecule has 3 rings (SSSR count). The van der Waals surface area contributed by atoms with Crippen LogP contribution < -0.4 is 0 Å². The lowest BCUT2D eigenvalue weighted by molar-refractivity contribution is -0.0510. The molecule has 1 aromatic rings. The van der Waals surface area contributed by atoms with Crippen LogP contribution in [0.2, 0.25) is 0 Å². The van der Waals surface area contributed by atoms with Crippen molar-refractivity contribution >= 4 is 11.7 Å². The summed E-state index contributed by atoms with van der Waals surface area (Å²) < 4.78 is 11.3. The second-order valence-corrected chi connectivity index (χ2v) is 7.99. The summed E-state index contributed by atoms with van der Waals surface area (Å²) in [4.78, 5) is 14.5. The van der Waals surface area contributed by atoms with Crippen LogP contribution in [0.25, 0.3) is 5.57 Å². The smallest absolute Gasteiger partial charge is 0.411 e. The van der Waals surface area contributed by atoms with E-state index in [-0.39, 0.29) is 18.2 Å². The van der Waals surface area contributed by atoms with E-state index in [4.69, 9.17) is 9.47 Å². The van der Waals surface area contributed by atoms with Gasteiger partial charge in [0, 0.05) is 0 Å². The predicted octanol–water partition coefficient (Wildman–Crippen LogP) is 4.43. The fourth-order valence-electron chi connectivity index (χ4n) is 3.58. The molecule has 2 bridgehead atoms. The number of hydrogen-bond donors (Lipinski definition) is 0. The SMILES string of the molecule is CCCc1ccc(C2=CC3COCC(C2)N3C(=O)OC(C)(C)C)cc1. The topological polar surface area (TPSA) is 38.8 Å². The number of morpholine rings is 1. The van der Waals surface area contributed by atoms with Crippen molar-refractivity contribution in [3.05, 3.63) is 41.5 Å². The van der Waals surface area contributed by atoms with Gasteiger partial charge in [0.1, 0.15) is 5.60 Å². The Kier molecular flexibility index (Phi) is 5.19. The Hall–Kier alpha value is -1.81. The first kappa shape index (κ1) is 18.0. The fraction of sp³-hybridized carbons (Fsp3) is 0.571. The van der Waals surface area contributed by atoms with Crippen LogP contribution in [0.3, 0.4) is 0 Å². The first-order valence-electron chi connectivity index (χ1n) is 9.26. The van der Waals surface area contributed by atoms with E-state index in [1.54, 1.807) is 0 Å². The molecule has 0 saturated carbocycles. The molecule has 1 saturated heterocycles. The Morgan fingerprint density at radius 3 is 2.56 bits per heavy atom. The first-order chi connectivity index (χ1) is 11.9. The number of carbonyl (C=O) groups excluding carboxylic acids is 1. The van der Waals surface area contributed by atoms with Gasteiger partial charge in [0.25, 0.3) is 0 Å². The zero-order valence-corrected chi connectivity index (χ0v) is 15.7. The van der Waals surface area contributed by atoms with Gasteiger partial charge in [0.05, 0.1) is 25.3 Å². The fourth-order valence-corrected chi connectivity index (χ4v) is 3.58. The normalized spacial score (nSPS) is 23.2. The highest BCUT2D eigenvalue weighted by atomic mass is 16.6. The molecule has 2 aliphatic heterocycles. The van der Waals surface area contributed by atoms with Gasteiger partial charge in [-0.15, -0.1) is 0 Å². The molecule has 1 amide bonds. The van der Waals surface area contributed by atoms with Crippen molar-refractivity contribution in [2.75, 3.05) is 13.2 Å². The van der Waals surface area contributed by atoms with Crippen molar-refractivity contribution in [1.29, 1.82) is 0 Å². The maximum absolute atomic E-state index is 12.6. The van der Waals surface area contributed by atoms with Crippen molar-refractivity contribution < 1.29 is 14.3 Å². The van der Waals surface area contributed by atoms with Crippen molar-refractivity contribution in [3.63, 3.8) is 0 Å². The van der Waals surface area contributed by atoms with Crippen molar-refractivity contribution in [3.8, 4) is 0 Å². The average molecular weight is 343 g/mol. The monoisotopic (exact) mass is 343 g/mol. The average Bonchev–Trinajstić information content (AvgIpc) is 2.53. The van der Waals surface area contributed by atoms with E-state index in [0.29, 0.717) is 13.2 Å². The van der Waals surface area contributed by atoms with Gasteiger partial charge in [0.15, 0.2) is 0 Å². The third-order valence-corrected chi connectivity index (χ3v) is 4.67. The maximum atomic E-state index is 12.6. The van der Waals surface area contributed by atoms with Crippen LogP contribution in [0, 0.1) is 0 Å². The summed E-state index contributed by atoms with van der Waals surface area (Å²) in [6, 6.07) is 8.84. The molecule has 1 fully saturated rings. The zero-order chi connectivity index (χ0) is 18.0. The number of hydrogen-bond acceptors (Lipinski definition) is 3. The number of benzene rings is 1. The highest BCUT2D eigenvalue weighted by molar-refractivity contribution is 5.74. The van der Waals surface area contributed by atoms with E-state index in [2.05, 4.69) is 37.3 Å². The van der Waals surface area contributed by atoms with E-state index in [1.165, 1.54) is 16.7 Å². The van der Waals surface area contributed by atoms with Crippen LogP contribution in [0.1, 0.15) is 51.7 Å². The number of rotatable bonds is 3. The third kappa shape index (κ3) is 4.24. The standard InChI is InChI=1S/C21H29NO3/c1-5-6-15-7-9-16(10-8-15)17-11-18-13-24-14-19(12-17)22(18)20(23)25-21(2,3)4/h7-11,18-19H,5-6,12-14H2,1-4H3. The van der Waals surface area contributed by atoms with E-state index in [0.717, 1.165) is 19.3 Å². The molecule has 0 aromatic heterocycles. The minimum atomic E-state index is -0.481. The van der Waals surface area contributed by atoms with Crippen molar-refractivity contribution in [2.45, 2.75) is 64.6 Å². The van der Waals surface area contributed by atoms with E-state index >= 15 is 0 Å². The summed E-state index contributed by atoms with van der Waals surface area (Å²) in [5.41, 5.74) is 3.45. The van der Waals surface area contributed by atoms with E-state index < -0.39 is 5.60 Å². The van der Waals surface area contributed by atoms with Crippen LogP contribution >= 0.6 is 0 Å². The number of ether oxygens (including phenoxy) is 2. The quantitative estimate of drug-likeness (QED) is 0.815. The molecule has 136 valence electrons. The summed E-state index contributed by atoms with van der Waals surface area (Å²) in [7, 11) is 0. The van der Waals surface area contributed by atoms with Gasteiger partial charge in [-0.25, -0.2) is 4.79 Å². The minimum absolute atomic E-state index is 0.0453. The second-order valence-electron chi connectivity index (χ2n) is 7.99. The molecular formula is C21H29NO3. The Morgan fingerprint density at radius 2 is 1.96 bits per heavy atom. The van der Waals surface area contributed by atoms with Crippen molar-refractivity contribution in [1.82, 2.24) is 4.90 Å². The number of fused-ring (bicyclic) bond motifs is 2. The van der Waals surface area contributed by atoms with Crippen molar-refractivity contribution in [2.24, 2.45) is 0 Å². The van der Waals surface area contributed by atoms with E-state index in [9.17, 15) is 4.79 Å². The zero-order valence-electron chi connectivity index (χ0n) is 15.7. The third-order valence-electron chi connectivity index (χ3n) is 4.67. The first-order valence-corrected chi connectivity index (χ1v) is 9.26. The summed E-state index contributed by atoms with van der Waals surface area (Å²) in [5.74, 6) is 0. The summed E-state index contributed by atoms with van der Waals surface area (Å²) in [6.07, 6.45) is 5.02. The molecule has 4 heteroatoms. The Balaban J connectivity index is 1.80. The lowest BCUT2D eigenvalue weighted by Crippen LogP contribution is -2.57. The molecule has 0 N–H and O–H groups in total.